The molecule has 2 heterocycles. The van der Waals surface area contributed by atoms with E-state index in [2.05, 4.69) is 48.8 Å². The number of carbonyl (C=O) groups is 1. The van der Waals surface area contributed by atoms with Gasteiger partial charge in [0.25, 0.3) is 0 Å². The number of fused-ring (bicyclic) bond motifs is 1. The van der Waals surface area contributed by atoms with Crippen LogP contribution in [-0.4, -0.2) is 23.4 Å². The van der Waals surface area contributed by atoms with Gasteiger partial charge in [0.05, 0.1) is 0 Å². The molecule has 0 spiro atoms. The maximum Gasteiger partial charge on any atom is 0.245 e. The lowest BCUT2D eigenvalue weighted by molar-refractivity contribution is -0.132. The molecule has 1 aromatic carbocycles. The lowest BCUT2D eigenvalue weighted by Crippen LogP contribution is -2.43. The first-order valence-electron chi connectivity index (χ1n) is 7.72. The van der Waals surface area contributed by atoms with Gasteiger partial charge in [-0.05, 0) is 67.5 Å². The number of benzene rings is 1. The van der Waals surface area contributed by atoms with Gasteiger partial charge >= 0.3 is 0 Å². The Morgan fingerprint density at radius 2 is 2.00 bits per heavy atom. The van der Waals surface area contributed by atoms with E-state index in [0.717, 1.165) is 25.2 Å². The SMILES string of the molecule is Cc1cc(C)cc(NC(C)C(=O)N2CCc3sccc3C2)c1. The number of carbonyl (C=O) groups excluding carboxylic acids is 1. The van der Waals surface area contributed by atoms with Crippen LogP contribution in [0.15, 0.2) is 29.6 Å². The van der Waals surface area contributed by atoms with E-state index in [9.17, 15) is 4.79 Å². The lowest BCUT2D eigenvalue weighted by Gasteiger charge is -2.30. The van der Waals surface area contributed by atoms with E-state index >= 15 is 0 Å². The molecule has 1 aliphatic heterocycles. The van der Waals surface area contributed by atoms with Crippen molar-refractivity contribution in [3.8, 4) is 0 Å². The van der Waals surface area contributed by atoms with Gasteiger partial charge in [-0.25, -0.2) is 0 Å². The maximum atomic E-state index is 12.7. The summed E-state index contributed by atoms with van der Waals surface area (Å²) in [5, 5.41) is 5.47. The molecule has 0 saturated carbocycles. The van der Waals surface area contributed by atoms with Gasteiger partial charge in [0, 0.05) is 23.7 Å². The number of hydrogen-bond donors (Lipinski definition) is 1. The Morgan fingerprint density at radius 3 is 2.73 bits per heavy atom. The van der Waals surface area contributed by atoms with Gasteiger partial charge in [0.1, 0.15) is 6.04 Å². The second-order valence-electron chi connectivity index (χ2n) is 6.12. The number of aryl methyl sites for hydroxylation is 2. The highest BCUT2D eigenvalue weighted by molar-refractivity contribution is 7.10. The first kappa shape index (κ1) is 15.1. The van der Waals surface area contributed by atoms with Crippen LogP contribution in [0.25, 0.3) is 0 Å². The number of amides is 1. The van der Waals surface area contributed by atoms with Crippen LogP contribution in [0.2, 0.25) is 0 Å². The topological polar surface area (TPSA) is 32.3 Å². The van der Waals surface area contributed by atoms with Gasteiger partial charge in [-0.15, -0.1) is 11.3 Å². The summed E-state index contributed by atoms with van der Waals surface area (Å²) in [6, 6.07) is 8.25. The number of thiophene rings is 1. The molecule has 3 rings (SSSR count). The van der Waals surface area contributed by atoms with E-state index in [-0.39, 0.29) is 11.9 Å². The monoisotopic (exact) mass is 314 g/mol. The molecule has 1 aliphatic rings. The second kappa shape index (κ2) is 6.13. The molecule has 1 unspecified atom stereocenters. The Kier molecular flexibility index (Phi) is 4.21. The molecular formula is C18H22N2OS. The molecule has 116 valence electrons. The number of hydrogen-bond acceptors (Lipinski definition) is 3. The summed E-state index contributed by atoms with van der Waals surface area (Å²) < 4.78 is 0. The van der Waals surface area contributed by atoms with Crippen molar-refractivity contribution < 1.29 is 4.79 Å². The molecule has 1 aromatic heterocycles. The highest BCUT2D eigenvalue weighted by atomic mass is 32.1. The van der Waals surface area contributed by atoms with E-state index < -0.39 is 0 Å². The van der Waals surface area contributed by atoms with Crippen molar-refractivity contribution >= 4 is 22.9 Å². The van der Waals surface area contributed by atoms with Crippen molar-refractivity contribution in [1.29, 1.82) is 0 Å². The highest BCUT2D eigenvalue weighted by Crippen LogP contribution is 2.24. The van der Waals surface area contributed by atoms with Gasteiger partial charge in [-0.2, -0.15) is 0 Å². The average molecular weight is 314 g/mol. The predicted octanol–water partition coefficient (Wildman–Crippen LogP) is 3.75. The Bertz CT molecular complexity index is 672. The average Bonchev–Trinajstić information content (AvgIpc) is 2.92. The maximum absolute atomic E-state index is 12.7. The summed E-state index contributed by atoms with van der Waals surface area (Å²) in [5.74, 6) is 0.177. The summed E-state index contributed by atoms with van der Waals surface area (Å²) >= 11 is 1.80. The van der Waals surface area contributed by atoms with E-state index in [1.54, 1.807) is 11.3 Å². The molecule has 4 heteroatoms. The van der Waals surface area contributed by atoms with Crippen molar-refractivity contribution in [1.82, 2.24) is 4.90 Å². The van der Waals surface area contributed by atoms with Crippen LogP contribution in [-0.2, 0) is 17.8 Å². The Hall–Kier alpha value is -1.81. The Balaban J connectivity index is 1.67. The summed E-state index contributed by atoms with van der Waals surface area (Å²) in [7, 11) is 0. The smallest absolute Gasteiger partial charge is 0.245 e. The largest absolute Gasteiger partial charge is 0.374 e. The minimum absolute atomic E-state index is 0.177. The molecule has 22 heavy (non-hydrogen) atoms. The van der Waals surface area contributed by atoms with Gasteiger partial charge < -0.3 is 10.2 Å². The standard InChI is InChI=1S/C18H22N2OS/c1-12-8-13(2)10-16(9-12)19-14(3)18(21)20-6-4-17-15(11-20)5-7-22-17/h5,7-10,14,19H,4,6,11H2,1-3H3. The van der Waals surface area contributed by atoms with Crippen LogP contribution in [0.1, 0.15) is 28.5 Å². The van der Waals surface area contributed by atoms with E-state index in [0.29, 0.717) is 0 Å². The molecule has 0 aliphatic carbocycles. The molecule has 0 radical (unpaired) electrons. The first-order valence-corrected chi connectivity index (χ1v) is 8.60. The van der Waals surface area contributed by atoms with Crippen LogP contribution < -0.4 is 5.32 Å². The van der Waals surface area contributed by atoms with E-state index in [1.165, 1.54) is 21.6 Å². The number of anilines is 1. The third-order valence-electron chi connectivity index (χ3n) is 4.09. The van der Waals surface area contributed by atoms with Gasteiger partial charge in [-0.3, -0.25) is 4.79 Å². The molecule has 0 bridgehead atoms. The Labute approximate surface area is 136 Å². The van der Waals surface area contributed by atoms with Gasteiger partial charge in [0.15, 0.2) is 0 Å². The van der Waals surface area contributed by atoms with Crippen molar-refractivity contribution in [2.45, 2.75) is 39.8 Å². The minimum Gasteiger partial charge on any atom is -0.374 e. The molecule has 1 amide bonds. The van der Waals surface area contributed by atoms with E-state index in [4.69, 9.17) is 0 Å². The van der Waals surface area contributed by atoms with Gasteiger partial charge in [-0.1, -0.05) is 6.07 Å². The molecule has 0 fully saturated rings. The van der Waals surface area contributed by atoms with Crippen LogP contribution in [0.4, 0.5) is 5.69 Å². The summed E-state index contributed by atoms with van der Waals surface area (Å²) in [6.45, 7) is 7.67. The van der Waals surface area contributed by atoms with Crippen molar-refractivity contribution in [3.63, 3.8) is 0 Å². The fourth-order valence-corrected chi connectivity index (χ4v) is 3.97. The zero-order valence-electron chi connectivity index (χ0n) is 13.3. The van der Waals surface area contributed by atoms with Crippen LogP contribution in [0.3, 0.4) is 0 Å². The quantitative estimate of drug-likeness (QED) is 0.936. The second-order valence-corrected chi connectivity index (χ2v) is 7.12. The highest BCUT2D eigenvalue weighted by Gasteiger charge is 2.25. The predicted molar refractivity (Wildman–Crippen MR) is 92.4 cm³/mol. The molecule has 1 atom stereocenters. The van der Waals surface area contributed by atoms with Gasteiger partial charge in [0.2, 0.25) is 5.91 Å². The van der Waals surface area contributed by atoms with Crippen molar-refractivity contribution in [3.05, 3.63) is 51.2 Å². The summed E-state index contributed by atoms with van der Waals surface area (Å²) in [5.41, 5.74) is 4.75. The molecule has 3 nitrogen and oxygen atoms in total. The van der Waals surface area contributed by atoms with Crippen molar-refractivity contribution in [2.75, 3.05) is 11.9 Å². The fraction of sp³-hybridized carbons (Fsp3) is 0.389. The normalized spacial score (nSPS) is 15.3. The summed E-state index contributed by atoms with van der Waals surface area (Å²) in [4.78, 5) is 16.1. The number of nitrogens with zero attached hydrogens (tertiary/aromatic N) is 1. The molecule has 1 N–H and O–H groups in total. The molecule has 2 aromatic rings. The van der Waals surface area contributed by atoms with E-state index in [1.807, 2.05) is 11.8 Å². The molecular weight excluding hydrogens is 292 g/mol. The van der Waals surface area contributed by atoms with Crippen LogP contribution in [0, 0.1) is 13.8 Å². The number of nitrogens with one attached hydrogen (secondary N) is 1. The first-order chi connectivity index (χ1) is 10.5. The lowest BCUT2D eigenvalue weighted by atomic mass is 10.1. The van der Waals surface area contributed by atoms with Crippen LogP contribution >= 0.6 is 11.3 Å². The number of rotatable bonds is 3. The van der Waals surface area contributed by atoms with Crippen molar-refractivity contribution in [2.24, 2.45) is 0 Å². The zero-order valence-corrected chi connectivity index (χ0v) is 14.2. The third kappa shape index (κ3) is 3.17. The fourth-order valence-electron chi connectivity index (χ4n) is 3.08. The Morgan fingerprint density at radius 1 is 1.27 bits per heavy atom. The third-order valence-corrected chi connectivity index (χ3v) is 5.12. The van der Waals surface area contributed by atoms with Crippen LogP contribution in [0.5, 0.6) is 0 Å². The molecule has 0 saturated heterocycles. The summed E-state index contributed by atoms with van der Waals surface area (Å²) in [6.07, 6.45) is 0.981. The minimum atomic E-state index is -0.207. The zero-order chi connectivity index (χ0) is 15.7.